The van der Waals surface area contributed by atoms with E-state index in [4.69, 9.17) is 10.5 Å². The molecule has 3 aromatic rings. The number of piperidine rings is 1. The largest absolute Gasteiger partial charge is 0.457 e. The van der Waals surface area contributed by atoms with Crippen LogP contribution in [0.4, 0.5) is 5.69 Å². The number of hydrogen-bond donors (Lipinski definition) is 2. The summed E-state index contributed by atoms with van der Waals surface area (Å²) in [5.41, 5.74) is 10.4. The second-order valence-electron chi connectivity index (χ2n) is 7.16. The van der Waals surface area contributed by atoms with Crippen LogP contribution in [0, 0.1) is 0 Å². The van der Waals surface area contributed by atoms with E-state index in [0.29, 0.717) is 12.1 Å². The van der Waals surface area contributed by atoms with Crippen LogP contribution in [0.2, 0.25) is 0 Å². The summed E-state index contributed by atoms with van der Waals surface area (Å²) < 4.78 is 5.89. The molecule has 6 heteroatoms. The molecular formula is C24H26Cl2N2O2. The molecule has 4 rings (SSSR count). The molecule has 1 aliphatic heterocycles. The number of esters is 1. The lowest BCUT2D eigenvalue weighted by atomic mass is 9.88. The van der Waals surface area contributed by atoms with Gasteiger partial charge in [0.1, 0.15) is 6.10 Å². The lowest BCUT2D eigenvalue weighted by Crippen LogP contribution is -2.42. The van der Waals surface area contributed by atoms with Crippen molar-refractivity contribution in [3.63, 3.8) is 0 Å². The third-order valence-corrected chi connectivity index (χ3v) is 5.25. The molecule has 1 saturated heterocycles. The van der Waals surface area contributed by atoms with Crippen LogP contribution < -0.4 is 11.1 Å². The Morgan fingerprint density at radius 3 is 2.33 bits per heavy atom. The molecule has 4 nitrogen and oxygen atoms in total. The number of carbonyl (C=O) groups is 1. The number of carbonyl (C=O) groups excluding carboxylic acids is 1. The van der Waals surface area contributed by atoms with Crippen LogP contribution in [-0.4, -0.2) is 25.2 Å². The first-order chi connectivity index (χ1) is 13.7. The van der Waals surface area contributed by atoms with Gasteiger partial charge in [0, 0.05) is 18.2 Å². The summed E-state index contributed by atoms with van der Waals surface area (Å²) in [6.07, 6.45) is 0.785. The van der Waals surface area contributed by atoms with Crippen molar-refractivity contribution in [2.24, 2.45) is 0 Å². The minimum atomic E-state index is -0.284. The van der Waals surface area contributed by atoms with Crippen molar-refractivity contribution < 1.29 is 9.53 Å². The highest BCUT2D eigenvalue weighted by Gasteiger charge is 2.29. The lowest BCUT2D eigenvalue weighted by molar-refractivity contribution is 0.0182. The van der Waals surface area contributed by atoms with Crippen LogP contribution in [0.1, 0.15) is 28.3 Å². The van der Waals surface area contributed by atoms with E-state index >= 15 is 0 Å². The molecule has 0 unspecified atom stereocenters. The van der Waals surface area contributed by atoms with Crippen LogP contribution in [0.3, 0.4) is 0 Å². The fourth-order valence-corrected chi connectivity index (χ4v) is 3.76. The van der Waals surface area contributed by atoms with Gasteiger partial charge in [0.05, 0.1) is 5.56 Å². The van der Waals surface area contributed by atoms with Crippen molar-refractivity contribution in [2.75, 3.05) is 18.8 Å². The number of hydrogen-bond acceptors (Lipinski definition) is 4. The molecule has 0 saturated carbocycles. The van der Waals surface area contributed by atoms with E-state index in [0.717, 1.165) is 29.8 Å². The second-order valence-corrected chi connectivity index (χ2v) is 7.16. The molecule has 3 aromatic carbocycles. The van der Waals surface area contributed by atoms with Crippen LogP contribution in [-0.2, 0) is 4.74 Å². The van der Waals surface area contributed by atoms with Gasteiger partial charge in [-0.1, -0.05) is 54.6 Å². The average Bonchev–Trinajstić information content (AvgIpc) is 2.75. The highest BCUT2D eigenvalue weighted by atomic mass is 35.5. The normalized spacial score (nSPS) is 17.9. The monoisotopic (exact) mass is 444 g/mol. The number of ether oxygens (including phenoxy) is 1. The number of nitrogen functional groups attached to an aromatic ring is 1. The maximum Gasteiger partial charge on any atom is 0.338 e. The molecular weight excluding hydrogens is 419 g/mol. The lowest BCUT2D eigenvalue weighted by Gasteiger charge is -2.32. The van der Waals surface area contributed by atoms with Gasteiger partial charge in [0.2, 0.25) is 0 Å². The molecule has 30 heavy (non-hydrogen) atoms. The van der Waals surface area contributed by atoms with Crippen LogP contribution >= 0.6 is 24.8 Å². The first-order valence-electron chi connectivity index (χ1n) is 9.63. The smallest absolute Gasteiger partial charge is 0.338 e. The number of anilines is 1. The molecule has 0 aliphatic carbocycles. The third kappa shape index (κ3) is 5.54. The molecule has 158 valence electrons. The summed E-state index contributed by atoms with van der Waals surface area (Å²) >= 11 is 0. The van der Waals surface area contributed by atoms with Gasteiger partial charge >= 0.3 is 5.97 Å². The van der Waals surface area contributed by atoms with Gasteiger partial charge in [-0.15, -0.1) is 24.8 Å². The van der Waals surface area contributed by atoms with Gasteiger partial charge in [-0.05, 0) is 53.9 Å². The fraction of sp³-hybridized carbons (Fsp3) is 0.208. The topological polar surface area (TPSA) is 64.4 Å². The standard InChI is InChI=1S/C24H24N2O2.2ClH/c25-21-8-4-7-20(15-21)17-9-11-19(12-10-17)24(27)28-23-16-26-14-13-22(23)18-5-2-1-3-6-18;;/h1-12,15,22-23,26H,13-14,16,25H2;2*1H/t22-,23+;;/m0../s1. The number of nitrogens with one attached hydrogen (secondary N) is 1. The van der Waals surface area contributed by atoms with E-state index < -0.39 is 0 Å². The summed E-state index contributed by atoms with van der Waals surface area (Å²) in [7, 11) is 0. The Hall–Kier alpha value is -2.53. The number of halogens is 2. The number of benzene rings is 3. The molecule has 0 radical (unpaired) electrons. The van der Waals surface area contributed by atoms with Crippen LogP contribution in [0.15, 0.2) is 78.9 Å². The van der Waals surface area contributed by atoms with Crippen molar-refractivity contribution in [3.8, 4) is 11.1 Å². The summed E-state index contributed by atoms with van der Waals surface area (Å²) in [5, 5.41) is 3.34. The first-order valence-corrected chi connectivity index (χ1v) is 9.63. The van der Waals surface area contributed by atoms with Crippen molar-refractivity contribution in [1.29, 1.82) is 0 Å². The predicted molar refractivity (Wildman–Crippen MR) is 127 cm³/mol. The maximum atomic E-state index is 12.7. The first kappa shape index (κ1) is 23.7. The second kappa shape index (κ2) is 11.0. The van der Waals surface area contributed by atoms with Gasteiger partial charge in [-0.25, -0.2) is 4.79 Å². The Balaban J connectivity index is 0.00000160. The predicted octanol–water partition coefficient (Wildman–Crippen LogP) is 5.08. The van der Waals surface area contributed by atoms with Crippen molar-refractivity contribution in [2.45, 2.75) is 18.4 Å². The van der Waals surface area contributed by atoms with Gasteiger partial charge in [0.25, 0.3) is 0 Å². The van der Waals surface area contributed by atoms with Crippen molar-refractivity contribution in [3.05, 3.63) is 90.0 Å². The van der Waals surface area contributed by atoms with Gasteiger partial charge < -0.3 is 15.8 Å². The molecule has 0 spiro atoms. The molecule has 2 atom stereocenters. The van der Waals surface area contributed by atoms with Crippen LogP contribution in [0.5, 0.6) is 0 Å². The highest BCUT2D eigenvalue weighted by Crippen LogP contribution is 2.28. The van der Waals surface area contributed by atoms with E-state index in [-0.39, 0.29) is 42.8 Å². The average molecular weight is 445 g/mol. The zero-order valence-corrected chi connectivity index (χ0v) is 18.1. The molecule has 3 N–H and O–H groups in total. The van der Waals surface area contributed by atoms with E-state index in [1.807, 2.05) is 66.7 Å². The van der Waals surface area contributed by atoms with Crippen LogP contribution in [0.25, 0.3) is 11.1 Å². The van der Waals surface area contributed by atoms with Crippen molar-refractivity contribution in [1.82, 2.24) is 5.32 Å². The SMILES string of the molecule is Cl.Cl.Nc1cccc(-c2ccc(C(=O)O[C@@H]3CNCC[C@H]3c3ccccc3)cc2)c1. The molecule has 1 aliphatic rings. The quantitative estimate of drug-likeness (QED) is 0.434. The molecule has 0 aromatic heterocycles. The Kier molecular flexibility index (Phi) is 8.72. The molecule has 1 fully saturated rings. The zero-order chi connectivity index (χ0) is 19.3. The molecule has 0 amide bonds. The van der Waals surface area contributed by atoms with Crippen molar-refractivity contribution >= 4 is 36.5 Å². The van der Waals surface area contributed by atoms with E-state index in [2.05, 4.69) is 17.4 Å². The highest BCUT2D eigenvalue weighted by molar-refractivity contribution is 5.90. The molecule has 0 bridgehead atoms. The number of rotatable bonds is 4. The minimum Gasteiger partial charge on any atom is -0.457 e. The third-order valence-electron chi connectivity index (χ3n) is 5.25. The Bertz CT molecular complexity index is 949. The fourth-order valence-electron chi connectivity index (χ4n) is 3.76. The summed E-state index contributed by atoms with van der Waals surface area (Å²) in [5.74, 6) is -0.0632. The number of nitrogens with two attached hydrogens (primary N) is 1. The summed E-state index contributed by atoms with van der Waals surface area (Å²) in [6, 6.07) is 25.5. The van der Waals surface area contributed by atoms with E-state index in [1.54, 1.807) is 0 Å². The van der Waals surface area contributed by atoms with Gasteiger partial charge in [0.15, 0.2) is 0 Å². The Morgan fingerprint density at radius 2 is 1.63 bits per heavy atom. The van der Waals surface area contributed by atoms with E-state index in [1.165, 1.54) is 5.56 Å². The summed E-state index contributed by atoms with van der Waals surface area (Å²) in [4.78, 5) is 12.7. The maximum absolute atomic E-state index is 12.7. The van der Waals surface area contributed by atoms with E-state index in [9.17, 15) is 4.79 Å². The Labute approximate surface area is 189 Å². The molecule has 1 heterocycles. The summed E-state index contributed by atoms with van der Waals surface area (Å²) in [6.45, 7) is 1.61. The van der Waals surface area contributed by atoms with Gasteiger partial charge in [-0.2, -0.15) is 0 Å². The van der Waals surface area contributed by atoms with Gasteiger partial charge in [-0.3, -0.25) is 0 Å². The minimum absolute atomic E-state index is 0. The zero-order valence-electron chi connectivity index (χ0n) is 16.5. The Morgan fingerprint density at radius 1 is 0.900 bits per heavy atom.